The molecule has 0 radical (unpaired) electrons. The largest absolute Gasteiger partial charge is 0.468 e. The van der Waals surface area contributed by atoms with Crippen molar-refractivity contribution in [3.8, 4) is 11.3 Å². The number of nitrogens with one attached hydrogen (secondary N) is 1. The molecule has 0 spiro atoms. The first-order valence-electron chi connectivity index (χ1n) is 6.84. The van der Waals surface area contributed by atoms with Crippen LogP contribution in [-0.4, -0.2) is 0 Å². The van der Waals surface area contributed by atoms with Crippen molar-refractivity contribution in [3.05, 3.63) is 72.1 Å². The lowest BCUT2D eigenvalue weighted by molar-refractivity contribution is 0.409. The monoisotopic (exact) mass is 285 g/mol. The summed E-state index contributed by atoms with van der Waals surface area (Å²) in [6, 6.07) is 14.0. The van der Waals surface area contributed by atoms with Gasteiger partial charge in [0.1, 0.15) is 23.1 Å². The van der Waals surface area contributed by atoms with Crippen LogP contribution >= 0.6 is 0 Å². The minimum absolute atomic E-state index is 0.111. The van der Waals surface area contributed by atoms with Gasteiger partial charge < -0.3 is 14.2 Å². The van der Waals surface area contributed by atoms with Crippen LogP contribution < -0.4 is 5.32 Å². The van der Waals surface area contributed by atoms with Crippen LogP contribution in [0.1, 0.15) is 24.5 Å². The van der Waals surface area contributed by atoms with Gasteiger partial charge in [0.2, 0.25) is 0 Å². The number of furan rings is 2. The second kappa shape index (κ2) is 5.97. The Balaban J connectivity index is 1.64. The molecule has 1 atom stereocenters. The molecule has 0 saturated heterocycles. The topological polar surface area (TPSA) is 38.3 Å². The van der Waals surface area contributed by atoms with Gasteiger partial charge in [-0.1, -0.05) is 0 Å². The zero-order valence-electron chi connectivity index (χ0n) is 11.7. The van der Waals surface area contributed by atoms with Crippen molar-refractivity contribution >= 4 is 0 Å². The van der Waals surface area contributed by atoms with Crippen LogP contribution in [0.5, 0.6) is 0 Å². The van der Waals surface area contributed by atoms with E-state index in [9.17, 15) is 4.39 Å². The molecule has 4 heteroatoms. The van der Waals surface area contributed by atoms with Gasteiger partial charge in [-0.05, 0) is 55.5 Å². The average Bonchev–Trinajstić information content (AvgIpc) is 3.17. The summed E-state index contributed by atoms with van der Waals surface area (Å²) in [5.74, 6) is 2.20. The SMILES string of the molecule is CC(NCc1ccc(-c2ccc(F)cc2)o1)c1ccco1. The van der Waals surface area contributed by atoms with Gasteiger partial charge in [0.25, 0.3) is 0 Å². The number of benzene rings is 1. The number of hydrogen-bond donors (Lipinski definition) is 1. The van der Waals surface area contributed by atoms with Crippen molar-refractivity contribution in [2.45, 2.75) is 19.5 Å². The standard InChI is InChI=1S/C17H16FNO2/c1-12(16-3-2-10-20-16)19-11-15-8-9-17(21-15)13-4-6-14(18)7-5-13/h2-10,12,19H,11H2,1H3. The molecular weight excluding hydrogens is 269 g/mol. The van der Waals surface area contributed by atoms with E-state index in [0.717, 1.165) is 22.8 Å². The first-order valence-corrected chi connectivity index (χ1v) is 6.84. The molecule has 3 nitrogen and oxygen atoms in total. The van der Waals surface area contributed by atoms with Crippen LogP contribution in [0, 0.1) is 5.82 Å². The van der Waals surface area contributed by atoms with Crippen molar-refractivity contribution in [1.82, 2.24) is 5.32 Å². The summed E-state index contributed by atoms with van der Waals surface area (Å²) >= 11 is 0. The van der Waals surface area contributed by atoms with Gasteiger partial charge in [-0.15, -0.1) is 0 Å². The Morgan fingerprint density at radius 2 is 1.90 bits per heavy atom. The average molecular weight is 285 g/mol. The number of halogens is 1. The van der Waals surface area contributed by atoms with Crippen LogP contribution in [0.2, 0.25) is 0 Å². The molecule has 0 aliphatic rings. The highest BCUT2D eigenvalue weighted by molar-refractivity contribution is 5.57. The predicted molar refractivity (Wildman–Crippen MR) is 78.1 cm³/mol. The summed E-state index contributed by atoms with van der Waals surface area (Å²) in [5.41, 5.74) is 0.863. The number of rotatable bonds is 5. The summed E-state index contributed by atoms with van der Waals surface area (Å²) in [6.45, 7) is 2.63. The third kappa shape index (κ3) is 3.23. The van der Waals surface area contributed by atoms with Gasteiger partial charge >= 0.3 is 0 Å². The minimum atomic E-state index is -0.250. The highest BCUT2D eigenvalue weighted by Crippen LogP contribution is 2.23. The fourth-order valence-corrected chi connectivity index (χ4v) is 2.13. The Hall–Kier alpha value is -2.33. The Bertz CT molecular complexity index is 686. The third-order valence-electron chi connectivity index (χ3n) is 3.34. The molecule has 21 heavy (non-hydrogen) atoms. The molecule has 0 aliphatic heterocycles. The molecule has 0 aliphatic carbocycles. The van der Waals surface area contributed by atoms with Crippen LogP contribution in [0.4, 0.5) is 4.39 Å². The van der Waals surface area contributed by atoms with E-state index in [1.165, 1.54) is 12.1 Å². The summed E-state index contributed by atoms with van der Waals surface area (Å²) in [6.07, 6.45) is 1.66. The number of hydrogen-bond acceptors (Lipinski definition) is 3. The molecule has 108 valence electrons. The normalized spacial score (nSPS) is 12.5. The molecule has 3 aromatic rings. The van der Waals surface area contributed by atoms with Crippen LogP contribution in [0.3, 0.4) is 0 Å². The van der Waals surface area contributed by atoms with Crippen LogP contribution in [-0.2, 0) is 6.54 Å². The fraction of sp³-hybridized carbons (Fsp3) is 0.176. The summed E-state index contributed by atoms with van der Waals surface area (Å²) in [4.78, 5) is 0. The second-order valence-corrected chi connectivity index (χ2v) is 4.89. The molecule has 3 rings (SSSR count). The second-order valence-electron chi connectivity index (χ2n) is 4.89. The first-order chi connectivity index (χ1) is 10.2. The lowest BCUT2D eigenvalue weighted by Gasteiger charge is -2.09. The molecule has 1 unspecified atom stereocenters. The van der Waals surface area contributed by atoms with E-state index in [4.69, 9.17) is 8.83 Å². The van der Waals surface area contributed by atoms with Gasteiger partial charge in [0.05, 0.1) is 18.8 Å². The molecular formula is C17H16FNO2. The van der Waals surface area contributed by atoms with Gasteiger partial charge in [-0.2, -0.15) is 0 Å². The lowest BCUT2D eigenvalue weighted by atomic mass is 10.2. The Morgan fingerprint density at radius 1 is 1.10 bits per heavy atom. The maximum Gasteiger partial charge on any atom is 0.134 e. The van der Waals surface area contributed by atoms with Crippen LogP contribution in [0.15, 0.2) is 63.6 Å². The highest BCUT2D eigenvalue weighted by atomic mass is 19.1. The van der Waals surface area contributed by atoms with E-state index in [2.05, 4.69) is 5.32 Å². The molecule has 1 N–H and O–H groups in total. The van der Waals surface area contributed by atoms with Gasteiger partial charge in [-0.3, -0.25) is 0 Å². The third-order valence-corrected chi connectivity index (χ3v) is 3.34. The molecule has 0 saturated carbocycles. The summed E-state index contributed by atoms with van der Waals surface area (Å²) in [7, 11) is 0. The van der Waals surface area contributed by atoms with E-state index in [-0.39, 0.29) is 11.9 Å². The minimum Gasteiger partial charge on any atom is -0.468 e. The maximum absolute atomic E-state index is 12.9. The predicted octanol–water partition coefficient (Wildman–Crippen LogP) is 4.53. The zero-order chi connectivity index (χ0) is 14.7. The van der Waals surface area contributed by atoms with E-state index < -0.39 is 0 Å². The maximum atomic E-state index is 12.9. The molecule has 0 fully saturated rings. The molecule has 2 aromatic heterocycles. The highest BCUT2D eigenvalue weighted by Gasteiger charge is 2.09. The smallest absolute Gasteiger partial charge is 0.134 e. The Morgan fingerprint density at radius 3 is 2.62 bits per heavy atom. The first kappa shape index (κ1) is 13.6. The van der Waals surface area contributed by atoms with Gasteiger partial charge in [0.15, 0.2) is 0 Å². The fourth-order valence-electron chi connectivity index (χ4n) is 2.13. The van der Waals surface area contributed by atoms with Crippen molar-refractivity contribution in [2.24, 2.45) is 0 Å². The lowest BCUT2D eigenvalue weighted by Crippen LogP contribution is -2.17. The van der Waals surface area contributed by atoms with E-state index >= 15 is 0 Å². The Labute approximate surface area is 122 Å². The zero-order valence-corrected chi connectivity index (χ0v) is 11.7. The van der Waals surface area contributed by atoms with Crippen LogP contribution in [0.25, 0.3) is 11.3 Å². The van der Waals surface area contributed by atoms with Crippen molar-refractivity contribution in [2.75, 3.05) is 0 Å². The van der Waals surface area contributed by atoms with Crippen molar-refractivity contribution in [3.63, 3.8) is 0 Å². The van der Waals surface area contributed by atoms with Gasteiger partial charge in [0, 0.05) is 5.56 Å². The summed E-state index contributed by atoms with van der Waals surface area (Å²) < 4.78 is 24.0. The van der Waals surface area contributed by atoms with Crippen molar-refractivity contribution < 1.29 is 13.2 Å². The quantitative estimate of drug-likeness (QED) is 0.748. The van der Waals surface area contributed by atoms with Crippen molar-refractivity contribution in [1.29, 1.82) is 0 Å². The van der Waals surface area contributed by atoms with E-state index in [0.29, 0.717) is 6.54 Å². The van der Waals surface area contributed by atoms with E-state index in [1.807, 2.05) is 31.2 Å². The summed E-state index contributed by atoms with van der Waals surface area (Å²) in [5, 5.41) is 3.33. The molecule has 0 bridgehead atoms. The van der Waals surface area contributed by atoms with E-state index in [1.54, 1.807) is 18.4 Å². The molecule has 2 heterocycles. The molecule has 0 amide bonds. The Kier molecular flexibility index (Phi) is 3.88. The van der Waals surface area contributed by atoms with Gasteiger partial charge in [-0.25, -0.2) is 4.39 Å². The molecule has 1 aromatic carbocycles.